The van der Waals surface area contributed by atoms with Gasteiger partial charge in [-0.05, 0) is 31.4 Å². The molecule has 0 spiro atoms. The van der Waals surface area contributed by atoms with Crippen LogP contribution >= 0.6 is 0 Å². The molecule has 1 aromatic rings. The molecule has 1 fully saturated rings. The summed E-state index contributed by atoms with van der Waals surface area (Å²) in [6.07, 6.45) is 4.15. The molecule has 1 aliphatic rings. The molecule has 0 aliphatic carbocycles. The molecule has 0 radical (unpaired) electrons. The minimum Gasteiger partial charge on any atom is -0.493 e. The number of hydrogen-bond donors (Lipinski definition) is 2. The maximum atomic E-state index is 5.88. The third-order valence-corrected chi connectivity index (χ3v) is 4.22. The molecular formula is C20H33N3O4. The fourth-order valence-electron chi connectivity index (χ4n) is 2.74. The van der Waals surface area contributed by atoms with Gasteiger partial charge in [0.05, 0.1) is 12.7 Å². The van der Waals surface area contributed by atoms with Gasteiger partial charge in [0, 0.05) is 65.3 Å². The number of nitrogens with one attached hydrogen (secondary N) is 2. The average molecular weight is 380 g/mol. The van der Waals surface area contributed by atoms with Gasteiger partial charge >= 0.3 is 0 Å². The molecule has 7 heteroatoms. The van der Waals surface area contributed by atoms with Gasteiger partial charge in [-0.1, -0.05) is 6.07 Å². The van der Waals surface area contributed by atoms with E-state index < -0.39 is 0 Å². The minimum absolute atomic E-state index is 0.350. The molecular weight excluding hydrogens is 346 g/mol. The molecule has 0 atom stereocenters. The number of guanidine groups is 1. The van der Waals surface area contributed by atoms with Crippen molar-refractivity contribution in [2.24, 2.45) is 4.99 Å². The molecule has 0 amide bonds. The number of aliphatic imine (C=N–C) groups is 1. The standard InChI is InChI=1S/C20H33N3O4/c1-21-20(22-10-4-12-26-18-8-14-25-15-9-18)23-17-6-3-7-19(16-17)27-13-5-11-24-2/h3,6-7,16,18H,4-5,8-15H2,1-2H3,(H2,21,22,23). The highest BCUT2D eigenvalue weighted by atomic mass is 16.5. The second-order valence-corrected chi connectivity index (χ2v) is 6.38. The van der Waals surface area contributed by atoms with Crippen molar-refractivity contribution in [3.05, 3.63) is 24.3 Å². The van der Waals surface area contributed by atoms with Crippen molar-refractivity contribution in [1.82, 2.24) is 5.32 Å². The summed E-state index contributed by atoms with van der Waals surface area (Å²) in [5, 5.41) is 6.60. The highest BCUT2D eigenvalue weighted by molar-refractivity contribution is 5.93. The Balaban J connectivity index is 1.65. The van der Waals surface area contributed by atoms with Crippen molar-refractivity contribution in [3.63, 3.8) is 0 Å². The molecule has 1 aromatic carbocycles. The second-order valence-electron chi connectivity index (χ2n) is 6.38. The van der Waals surface area contributed by atoms with Crippen molar-refractivity contribution < 1.29 is 18.9 Å². The van der Waals surface area contributed by atoms with Crippen LogP contribution in [0.25, 0.3) is 0 Å². The van der Waals surface area contributed by atoms with Gasteiger partial charge in [0.1, 0.15) is 5.75 Å². The van der Waals surface area contributed by atoms with Crippen LogP contribution in [0, 0.1) is 0 Å². The topological polar surface area (TPSA) is 73.3 Å². The molecule has 0 unspecified atom stereocenters. The van der Waals surface area contributed by atoms with Gasteiger partial charge in [-0.15, -0.1) is 0 Å². The van der Waals surface area contributed by atoms with Crippen LogP contribution in [0.5, 0.6) is 5.75 Å². The quantitative estimate of drug-likeness (QED) is 0.350. The maximum absolute atomic E-state index is 5.88. The van der Waals surface area contributed by atoms with Crippen LogP contribution in [0.1, 0.15) is 25.7 Å². The van der Waals surface area contributed by atoms with E-state index >= 15 is 0 Å². The fourth-order valence-corrected chi connectivity index (χ4v) is 2.74. The molecule has 0 saturated carbocycles. The molecule has 1 saturated heterocycles. The predicted molar refractivity (Wildman–Crippen MR) is 108 cm³/mol. The van der Waals surface area contributed by atoms with E-state index in [0.29, 0.717) is 19.3 Å². The summed E-state index contributed by atoms with van der Waals surface area (Å²) >= 11 is 0. The minimum atomic E-state index is 0.350. The van der Waals surface area contributed by atoms with Gasteiger partial charge in [0.15, 0.2) is 5.96 Å². The third-order valence-electron chi connectivity index (χ3n) is 4.22. The summed E-state index contributed by atoms with van der Waals surface area (Å²) < 4.78 is 22.0. The van der Waals surface area contributed by atoms with Crippen LogP contribution in [0.2, 0.25) is 0 Å². The summed E-state index contributed by atoms with van der Waals surface area (Å²) in [4.78, 5) is 4.27. The van der Waals surface area contributed by atoms with E-state index in [1.807, 2.05) is 24.3 Å². The van der Waals surface area contributed by atoms with Crippen LogP contribution < -0.4 is 15.4 Å². The number of nitrogens with zero attached hydrogens (tertiary/aromatic N) is 1. The lowest BCUT2D eigenvalue weighted by molar-refractivity contribution is -0.0320. The Morgan fingerprint density at radius 1 is 1.19 bits per heavy atom. The maximum Gasteiger partial charge on any atom is 0.195 e. The van der Waals surface area contributed by atoms with E-state index in [9.17, 15) is 0 Å². The summed E-state index contributed by atoms with van der Waals surface area (Å²) in [5.74, 6) is 1.56. The van der Waals surface area contributed by atoms with Crippen LogP contribution in [0.3, 0.4) is 0 Å². The second kappa shape index (κ2) is 13.4. The molecule has 152 valence electrons. The SMILES string of the molecule is CN=C(NCCCOC1CCOCC1)Nc1cccc(OCCCOC)c1. The van der Waals surface area contributed by atoms with Gasteiger partial charge in [0.25, 0.3) is 0 Å². The van der Waals surface area contributed by atoms with Gasteiger partial charge in [-0.2, -0.15) is 0 Å². The number of benzene rings is 1. The van der Waals surface area contributed by atoms with E-state index in [1.165, 1.54) is 0 Å². The lowest BCUT2D eigenvalue weighted by Gasteiger charge is -2.22. The largest absolute Gasteiger partial charge is 0.493 e. The zero-order valence-electron chi connectivity index (χ0n) is 16.5. The monoisotopic (exact) mass is 379 g/mol. The lowest BCUT2D eigenvalue weighted by atomic mass is 10.1. The highest BCUT2D eigenvalue weighted by Crippen LogP contribution is 2.17. The van der Waals surface area contributed by atoms with Gasteiger partial charge in [-0.3, -0.25) is 4.99 Å². The van der Waals surface area contributed by atoms with Crippen molar-refractivity contribution in [2.45, 2.75) is 31.8 Å². The summed E-state index contributed by atoms with van der Waals surface area (Å²) in [6.45, 7) is 4.52. The lowest BCUT2D eigenvalue weighted by Crippen LogP contribution is -2.32. The molecule has 2 rings (SSSR count). The first-order valence-corrected chi connectivity index (χ1v) is 9.70. The van der Waals surface area contributed by atoms with Gasteiger partial charge in [-0.25, -0.2) is 0 Å². The zero-order valence-corrected chi connectivity index (χ0v) is 16.5. The molecule has 1 aliphatic heterocycles. The molecule has 0 bridgehead atoms. The first-order valence-electron chi connectivity index (χ1n) is 9.70. The Labute approximate surface area is 162 Å². The van der Waals surface area contributed by atoms with Crippen LogP contribution in [0.4, 0.5) is 5.69 Å². The van der Waals surface area contributed by atoms with Crippen molar-refractivity contribution in [2.75, 3.05) is 59.1 Å². The van der Waals surface area contributed by atoms with E-state index in [-0.39, 0.29) is 0 Å². The van der Waals surface area contributed by atoms with Crippen molar-refractivity contribution in [1.29, 1.82) is 0 Å². The number of ether oxygens (including phenoxy) is 4. The zero-order chi connectivity index (χ0) is 19.2. The van der Waals surface area contributed by atoms with Crippen molar-refractivity contribution >= 4 is 11.6 Å². The molecule has 7 nitrogen and oxygen atoms in total. The third kappa shape index (κ3) is 9.08. The Morgan fingerprint density at radius 2 is 2.04 bits per heavy atom. The van der Waals surface area contributed by atoms with Crippen LogP contribution in [0.15, 0.2) is 29.3 Å². The van der Waals surface area contributed by atoms with Gasteiger partial charge in [0.2, 0.25) is 0 Å². The molecule has 27 heavy (non-hydrogen) atoms. The normalized spacial score (nSPS) is 15.6. The van der Waals surface area contributed by atoms with E-state index in [1.54, 1.807) is 14.2 Å². The summed E-state index contributed by atoms with van der Waals surface area (Å²) in [7, 11) is 3.46. The van der Waals surface area contributed by atoms with E-state index in [4.69, 9.17) is 18.9 Å². The van der Waals surface area contributed by atoms with E-state index in [0.717, 1.165) is 69.4 Å². The Kier molecular flexibility index (Phi) is 10.6. The van der Waals surface area contributed by atoms with Crippen LogP contribution in [-0.2, 0) is 14.2 Å². The first-order chi connectivity index (χ1) is 13.3. The number of hydrogen-bond acceptors (Lipinski definition) is 5. The average Bonchev–Trinajstić information content (AvgIpc) is 2.71. The predicted octanol–water partition coefficient (Wildman–Crippen LogP) is 2.67. The van der Waals surface area contributed by atoms with Gasteiger partial charge < -0.3 is 29.6 Å². The Hall–Kier alpha value is -1.83. The fraction of sp³-hybridized carbons (Fsp3) is 0.650. The number of anilines is 1. The highest BCUT2D eigenvalue weighted by Gasteiger charge is 2.13. The summed E-state index contributed by atoms with van der Waals surface area (Å²) in [5.41, 5.74) is 0.936. The smallest absolute Gasteiger partial charge is 0.195 e. The first kappa shape index (κ1) is 21.5. The Bertz CT molecular complexity index is 548. The summed E-state index contributed by atoms with van der Waals surface area (Å²) in [6, 6.07) is 7.86. The van der Waals surface area contributed by atoms with Crippen LogP contribution in [-0.4, -0.2) is 65.8 Å². The number of rotatable bonds is 11. The molecule has 0 aromatic heterocycles. The van der Waals surface area contributed by atoms with Crippen molar-refractivity contribution in [3.8, 4) is 5.75 Å². The molecule has 2 N–H and O–H groups in total. The Morgan fingerprint density at radius 3 is 2.81 bits per heavy atom. The van der Waals surface area contributed by atoms with E-state index in [2.05, 4.69) is 15.6 Å². The number of methoxy groups -OCH3 is 1. The molecule has 1 heterocycles.